The lowest BCUT2D eigenvalue weighted by Crippen LogP contribution is -2.36. The van der Waals surface area contributed by atoms with Crippen LogP contribution in [-0.4, -0.2) is 77.1 Å². The van der Waals surface area contributed by atoms with Crippen LogP contribution in [0, 0.1) is 0 Å². The SMILES string of the molecule is CNC(=O)N1CCc2cc(OC(/C=C/N)=C/C=N\C(=O)c3ccc(C4CCN(C)CC4)cc3)c(OCCCOC)cc21. The maximum Gasteiger partial charge on any atom is 0.321 e. The van der Waals surface area contributed by atoms with E-state index < -0.39 is 0 Å². The number of allylic oxidation sites excluding steroid dienone is 2. The number of hydrogen-bond donors (Lipinski definition) is 2. The number of rotatable bonds is 11. The summed E-state index contributed by atoms with van der Waals surface area (Å²) in [6.45, 7) is 3.69. The number of methoxy groups -OCH3 is 1. The van der Waals surface area contributed by atoms with E-state index in [1.165, 1.54) is 18.0 Å². The minimum Gasteiger partial charge on any atom is -0.490 e. The van der Waals surface area contributed by atoms with Crippen LogP contribution in [0.15, 0.2) is 65.5 Å². The normalized spacial score (nSPS) is 16.3. The first-order valence-corrected chi connectivity index (χ1v) is 14.3. The van der Waals surface area contributed by atoms with E-state index in [-0.39, 0.29) is 11.9 Å². The van der Waals surface area contributed by atoms with Gasteiger partial charge in [0.05, 0.1) is 12.3 Å². The molecule has 0 radical (unpaired) electrons. The number of amides is 3. The summed E-state index contributed by atoms with van der Waals surface area (Å²) < 4.78 is 17.3. The van der Waals surface area contributed by atoms with Crippen molar-refractivity contribution >= 4 is 23.8 Å². The van der Waals surface area contributed by atoms with Crippen molar-refractivity contribution in [2.75, 3.05) is 59.0 Å². The molecule has 2 aromatic carbocycles. The van der Waals surface area contributed by atoms with Crippen LogP contribution in [-0.2, 0) is 11.2 Å². The van der Waals surface area contributed by atoms with E-state index in [2.05, 4.69) is 22.3 Å². The molecule has 1 fully saturated rings. The zero-order valence-corrected chi connectivity index (χ0v) is 24.7. The van der Waals surface area contributed by atoms with Crippen molar-refractivity contribution in [2.24, 2.45) is 10.7 Å². The highest BCUT2D eigenvalue weighted by molar-refractivity contribution is 6.00. The van der Waals surface area contributed by atoms with Gasteiger partial charge in [-0.1, -0.05) is 12.1 Å². The van der Waals surface area contributed by atoms with E-state index in [0.717, 1.165) is 37.2 Å². The summed E-state index contributed by atoms with van der Waals surface area (Å²) in [7, 11) is 5.39. The van der Waals surface area contributed by atoms with Crippen LogP contribution >= 0.6 is 0 Å². The molecule has 0 atom stereocenters. The second-order valence-electron chi connectivity index (χ2n) is 10.4. The molecule has 0 bridgehead atoms. The molecule has 0 spiro atoms. The van der Waals surface area contributed by atoms with E-state index >= 15 is 0 Å². The summed E-state index contributed by atoms with van der Waals surface area (Å²) in [5, 5.41) is 2.68. The van der Waals surface area contributed by atoms with Crippen LogP contribution in [0.3, 0.4) is 0 Å². The molecule has 10 heteroatoms. The predicted molar refractivity (Wildman–Crippen MR) is 165 cm³/mol. The smallest absolute Gasteiger partial charge is 0.321 e. The lowest BCUT2D eigenvalue weighted by molar-refractivity contribution is 0.100. The molecule has 224 valence electrons. The number of piperidine rings is 1. The third-order valence-corrected chi connectivity index (χ3v) is 7.52. The summed E-state index contributed by atoms with van der Waals surface area (Å²) >= 11 is 0. The number of fused-ring (bicyclic) bond motifs is 1. The highest BCUT2D eigenvalue weighted by Gasteiger charge is 2.27. The van der Waals surface area contributed by atoms with Crippen molar-refractivity contribution in [1.29, 1.82) is 0 Å². The first-order chi connectivity index (χ1) is 20.4. The van der Waals surface area contributed by atoms with Gasteiger partial charge in [-0.2, -0.15) is 0 Å². The summed E-state index contributed by atoms with van der Waals surface area (Å²) in [4.78, 5) is 33.2. The molecule has 4 rings (SSSR count). The fraction of sp³-hybridized carbons (Fsp3) is 0.406. The first kappa shape index (κ1) is 30.8. The van der Waals surface area contributed by atoms with E-state index in [9.17, 15) is 9.59 Å². The Morgan fingerprint density at radius 1 is 1.10 bits per heavy atom. The van der Waals surface area contributed by atoms with Gasteiger partial charge in [0.1, 0.15) is 5.76 Å². The first-order valence-electron chi connectivity index (χ1n) is 14.3. The molecular formula is C32H41N5O5. The van der Waals surface area contributed by atoms with Gasteiger partial charge in [0.15, 0.2) is 11.5 Å². The number of aliphatic imine (C=N–C) groups is 1. The van der Waals surface area contributed by atoms with Gasteiger partial charge in [-0.05, 0) is 93.0 Å². The number of carbonyl (C=O) groups is 2. The lowest BCUT2D eigenvalue weighted by atomic mass is 9.89. The van der Waals surface area contributed by atoms with Gasteiger partial charge >= 0.3 is 6.03 Å². The molecule has 0 unspecified atom stereocenters. The molecule has 42 heavy (non-hydrogen) atoms. The Morgan fingerprint density at radius 3 is 2.55 bits per heavy atom. The summed E-state index contributed by atoms with van der Waals surface area (Å²) in [5.41, 5.74) is 9.21. The Labute approximate surface area is 247 Å². The highest BCUT2D eigenvalue weighted by atomic mass is 16.5. The van der Waals surface area contributed by atoms with E-state index in [4.69, 9.17) is 19.9 Å². The van der Waals surface area contributed by atoms with E-state index in [0.29, 0.717) is 61.3 Å². The third-order valence-electron chi connectivity index (χ3n) is 7.52. The van der Waals surface area contributed by atoms with Crippen molar-refractivity contribution in [3.63, 3.8) is 0 Å². The number of nitrogens with one attached hydrogen (secondary N) is 1. The van der Waals surface area contributed by atoms with Crippen LogP contribution in [0.1, 0.15) is 46.7 Å². The monoisotopic (exact) mass is 575 g/mol. The highest BCUT2D eigenvalue weighted by Crippen LogP contribution is 2.40. The number of urea groups is 1. The van der Waals surface area contributed by atoms with Crippen LogP contribution in [0.2, 0.25) is 0 Å². The molecule has 0 aromatic heterocycles. The Balaban J connectivity index is 1.48. The van der Waals surface area contributed by atoms with Crippen LogP contribution in [0.5, 0.6) is 11.5 Å². The molecule has 1 saturated heterocycles. The van der Waals surface area contributed by atoms with Gasteiger partial charge in [0, 0.05) is 51.6 Å². The molecule has 2 aromatic rings. The number of carbonyl (C=O) groups excluding carboxylic acids is 2. The molecule has 2 aliphatic heterocycles. The fourth-order valence-electron chi connectivity index (χ4n) is 5.16. The van der Waals surface area contributed by atoms with Crippen molar-refractivity contribution in [1.82, 2.24) is 10.2 Å². The lowest BCUT2D eigenvalue weighted by Gasteiger charge is -2.29. The fourth-order valence-corrected chi connectivity index (χ4v) is 5.16. The number of hydrogen-bond acceptors (Lipinski definition) is 7. The molecule has 3 amide bonds. The molecule has 0 aliphatic carbocycles. The van der Waals surface area contributed by atoms with Crippen molar-refractivity contribution in [3.05, 3.63) is 77.2 Å². The molecular weight excluding hydrogens is 534 g/mol. The van der Waals surface area contributed by atoms with Crippen molar-refractivity contribution in [2.45, 2.75) is 31.6 Å². The minimum atomic E-state index is -0.341. The minimum absolute atomic E-state index is 0.184. The number of anilines is 1. The third kappa shape index (κ3) is 7.98. The summed E-state index contributed by atoms with van der Waals surface area (Å²) in [6.07, 6.45) is 9.53. The Hall–Kier alpha value is -4.15. The topological polar surface area (TPSA) is 119 Å². The second-order valence-corrected chi connectivity index (χ2v) is 10.4. The summed E-state index contributed by atoms with van der Waals surface area (Å²) in [5.74, 6) is 1.51. The molecule has 2 heterocycles. The summed E-state index contributed by atoms with van der Waals surface area (Å²) in [6, 6.07) is 11.3. The van der Waals surface area contributed by atoms with Gasteiger partial charge in [-0.3, -0.25) is 9.69 Å². The number of ether oxygens (including phenoxy) is 3. The van der Waals surface area contributed by atoms with Crippen LogP contribution < -0.4 is 25.4 Å². The average molecular weight is 576 g/mol. The van der Waals surface area contributed by atoms with Crippen molar-refractivity contribution in [3.8, 4) is 11.5 Å². The number of nitrogens with two attached hydrogens (primary N) is 1. The largest absolute Gasteiger partial charge is 0.490 e. The Kier molecular flexibility index (Phi) is 11.1. The van der Waals surface area contributed by atoms with Crippen molar-refractivity contribution < 1.29 is 23.8 Å². The zero-order valence-electron chi connectivity index (χ0n) is 24.7. The maximum atomic E-state index is 12.8. The van der Waals surface area contributed by atoms with E-state index in [1.54, 1.807) is 31.2 Å². The predicted octanol–water partition coefficient (Wildman–Crippen LogP) is 4.26. The molecule has 2 aliphatic rings. The van der Waals surface area contributed by atoms with Gasteiger partial charge in [-0.15, -0.1) is 0 Å². The standard InChI is InChI=1S/C32H41N5O5/c1-34-32(39)37-18-13-26-21-30(29(22-28(26)37)41-20-4-19-40-3)42-27(9-14-33)10-15-35-31(38)25-7-5-23(6-8-25)24-11-16-36(2)17-12-24/h5-10,14-15,21-22,24H,4,11-13,16-20,33H2,1-3H3,(H,34,39)/b14-9+,27-10+,35-15-. The van der Waals surface area contributed by atoms with Crippen LogP contribution in [0.25, 0.3) is 0 Å². The number of likely N-dealkylation sites (tertiary alicyclic amines) is 1. The number of nitrogens with zero attached hydrogens (tertiary/aromatic N) is 3. The maximum absolute atomic E-state index is 12.8. The van der Waals surface area contributed by atoms with Gasteiger partial charge < -0.3 is 30.2 Å². The van der Waals surface area contributed by atoms with Gasteiger partial charge in [-0.25, -0.2) is 9.79 Å². The molecule has 3 N–H and O–H groups in total. The van der Waals surface area contributed by atoms with Crippen LogP contribution in [0.4, 0.5) is 10.5 Å². The molecule has 0 saturated carbocycles. The van der Waals surface area contributed by atoms with E-state index in [1.807, 2.05) is 36.4 Å². The Bertz CT molecular complexity index is 1310. The second kappa shape index (κ2) is 15.2. The Morgan fingerprint density at radius 2 is 1.86 bits per heavy atom. The molecule has 10 nitrogen and oxygen atoms in total. The number of benzene rings is 2. The quantitative estimate of drug-likeness (QED) is 0.178. The van der Waals surface area contributed by atoms with Gasteiger partial charge in [0.25, 0.3) is 5.91 Å². The zero-order chi connectivity index (χ0) is 29.9. The van der Waals surface area contributed by atoms with Gasteiger partial charge in [0.2, 0.25) is 0 Å². The average Bonchev–Trinajstić information content (AvgIpc) is 3.42.